The van der Waals surface area contributed by atoms with Crippen LogP contribution in [0.5, 0.6) is 0 Å². The third-order valence-electron chi connectivity index (χ3n) is 7.60. The van der Waals surface area contributed by atoms with Crippen LogP contribution in [0.4, 0.5) is 21.6 Å². The summed E-state index contributed by atoms with van der Waals surface area (Å²) in [5.41, 5.74) is 1.78. The minimum absolute atomic E-state index is 0.0360. The summed E-state index contributed by atoms with van der Waals surface area (Å²) in [6.07, 6.45) is 3.78. The second-order valence-electron chi connectivity index (χ2n) is 11.9. The molecule has 5 rings (SSSR count). The number of hydrogen-bond acceptors (Lipinski definition) is 7. The normalized spacial score (nSPS) is 13.9. The van der Waals surface area contributed by atoms with E-state index in [0.717, 1.165) is 5.56 Å². The molecule has 4 aromatic rings. The molecule has 3 N–H and O–H groups in total. The number of halogens is 1. The number of likely N-dealkylation sites (tertiary alicyclic amines) is 1. The zero-order chi connectivity index (χ0) is 31.6. The average Bonchev–Trinajstić information content (AvgIpc) is 3.00. The number of nitrogens with zero attached hydrogens (tertiary/aromatic N) is 4. The van der Waals surface area contributed by atoms with Crippen molar-refractivity contribution < 1.29 is 19.1 Å². The zero-order valence-corrected chi connectivity index (χ0v) is 25.1. The highest BCUT2D eigenvalue weighted by molar-refractivity contribution is 6.03. The van der Waals surface area contributed by atoms with Crippen LogP contribution in [0, 0.1) is 5.82 Å². The van der Waals surface area contributed by atoms with E-state index in [1.807, 2.05) is 26.8 Å². The topological polar surface area (TPSA) is 129 Å². The van der Waals surface area contributed by atoms with Crippen molar-refractivity contribution >= 4 is 29.0 Å². The van der Waals surface area contributed by atoms with Crippen LogP contribution in [0.3, 0.4) is 0 Å². The maximum atomic E-state index is 15.7. The van der Waals surface area contributed by atoms with Gasteiger partial charge in [0, 0.05) is 49.3 Å². The first-order chi connectivity index (χ1) is 20.9. The first kappa shape index (κ1) is 30.6. The summed E-state index contributed by atoms with van der Waals surface area (Å²) in [4.78, 5) is 48.9. The fourth-order valence-electron chi connectivity index (χ4n) is 4.89. The Morgan fingerprint density at radius 1 is 1.02 bits per heavy atom. The Bertz CT molecular complexity index is 1740. The summed E-state index contributed by atoms with van der Waals surface area (Å²) in [5.74, 6) is -1.43. The Morgan fingerprint density at radius 2 is 1.73 bits per heavy atom. The first-order valence-corrected chi connectivity index (χ1v) is 14.4. The van der Waals surface area contributed by atoms with Crippen LogP contribution in [-0.4, -0.2) is 55.5 Å². The summed E-state index contributed by atoms with van der Waals surface area (Å²) in [5, 5.41) is 15.3. The van der Waals surface area contributed by atoms with E-state index in [-0.39, 0.29) is 45.9 Å². The number of nitrogens with one attached hydrogen (secondary N) is 2. The Hall–Kier alpha value is -4.90. The lowest BCUT2D eigenvalue weighted by Crippen LogP contribution is -2.40. The van der Waals surface area contributed by atoms with Gasteiger partial charge >= 0.3 is 0 Å². The number of anilines is 3. The average molecular weight is 599 g/mol. The smallest absolute Gasteiger partial charge is 0.293 e. The minimum Gasteiger partial charge on any atom is -0.393 e. The number of piperidine rings is 1. The highest BCUT2D eigenvalue weighted by Crippen LogP contribution is 2.28. The van der Waals surface area contributed by atoms with Crippen molar-refractivity contribution in [1.82, 2.24) is 19.4 Å². The second kappa shape index (κ2) is 12.4. The lowest BCUT2D eigenvalue weighted by atomic mass is 9.88. The van der Waals surface area contributed by atoms with Crippen LogP contribution in [-0.2, 0) is 12.5 Å². The fourth-order valence-corrected chi connectivity index (χ4v) is 4.89. The molecule has 2 aromatic carbocycles. The first-order valence-electron chi connectivity index (χ1n) is 14.4. The van der Waals surface area contributed by atoms with Crippen LogP contribution in [0.2, 0.25) is 0 Å². The summed E-state index contributed by atoms with van der Waals surface area (Å²) >= 11 is 0. The number of carbonyl (C=O) groups is 2. The second-order valence-corrected chi connectivity index (χ2v) is 11.9. The van der Waals surface area contributed by atoms with Gasteiger partial charge in [0.05, 0.1) is 17.5 Å². The third kappa shape index (κ3) is 6.68. The molecule has 1 saturated heterocycles. The largest absolute Gasteiger partial charge is 0.393 e. The van der Waals surface area contributed by atoms with Gasteiger partial charge in [0.1, 0.15) is 5.69 Å². The van der Waals surface area contributed by atoms with Crippen LogP contribution in [0.1, 0.15) is 60.0 Å². The van der Waals surface area contributed by atoms with E-state index in [9.17, 15) is 19.5 Å². The summed E-state index contributed by atoms with van der Waals surface area (Å²) in [7, 11) is 1.53. The number of aliphatic hydroxyl groups is 1. The third-order valence-corrected chi connectivity index (χ3v) is 7.60. The van der Waals surface area contributed by atoms with Gasteiger partial charge in [-0.05, 0) is 66.3 Å². The van der Waals surface area contributed by atoms with Crippen LogP contribution >= 0.6 is 0 Å². The molecule has 2 amide bonds. The van der Waals surface area contributed by atoms with Crippen molar-refractivity contribution in [1.29, 1.82) is 0 Å². The molecule has 2 aromatic heterocycles. The summed E-state index contributed by atoms with van der Waals surface area (Å²) in [6, 6.07) is 14.6. The SMILES string of the molecule is Cn1cc(-c2cccc(NC(=O)c3ccc(C(C)(C)C)cn3)c2F)nc(Nc2ccc(C(=O)N3CCC(O)CC3)cc2)c1=O. The van der Waals surface area contributed by atoms with Gasteiger partial charge in [-0.3, -0.25) is 19.4 Å². The fraction of sp³-hybridized carbons (Fsp3) is 0.303. The van der Waals surface area contributed by atoms with Crippen molar-refractivity contribution in [2.75, 3.05) is 23.7 Å². The van der Waals surface area contributed by atoms with Crippen molar-refractivity contribution in [2.24, 2.45) is 7.05 Å². The highest BCUT2D eigenvalue weighted by atomic mass is 19.1. The molecule has 1 fully saturated rings. The van der Waals surface area contributed by atoms with Gasteiger partial charge in [0.25, 0.3) is 17.4 Å². The molecule has 1 aliphatic rings. The lowest BCUT2D eigenvalue weighted by molar-refractivity contribution is 0.0546. The van der Waals surface area contributed by atoms with Gasteiger partial charge in [0.2, 0.25) is 0 Å². The number of benzene rings is 2. The van der Waals surface area contributed by atoms with E-state index in [1.165, 1.54) is 29.9 Å². The molecule has 0 spiro atoms. The molecular weight excluding hydrogens is 563 g/mol. The number of aliphatic hydroxyl groups excluding tert-OH is 1. The standard InChI is InChI=1S/C33H35FN6O4/c1-33(2,3)21-10-13-26(35-18-21)30(42)38-25-7-5-6-24(28(25)34)27-19-39(4)32(44)29(37-27)36-22-11-8-20(9-12-22)31(43)40-16-14-23(41)15-17-40/h5-13,18-19,23,41H,14-17H2,1-4H3,(H,36,37)(H,38,42). The molecule has 0 atom stereocenters. The molecule has 0 saturated carbocycles. The maximum Gasteiger partial charge on any atom is 0.293 e. The van der Waals surface area contributed by atoms with E-state index < -0.39 is 17.3 Å². The van der Waals surface area contributed by atoms with Crippen LogP contribution in [0.15, 0.2) is 71.8 Å². The van der Waals surface area contributed by atoms with Crippen molar-refractivity contribution in [3.8, 4) is 11.3 Å². The van der Waals surface area contributed by atoms with Gasteiger partial charge in [-0.2, -0.15) is 0 Å². The van der Waals surface area contributed by atoms with Crippen LogP contribution < -0.4 is 16.2 Å². The van der Waals surface area contributed by atoms with E-state index in [2.05, 4.69) is 20.6 Å². The number of pyridine rings is 1. The Kier molecular flexibility index (Phi) is 8.59. The highest BCUT2D eigenvalue weighted by Gasteiger charge is 2.23. The van der Waals surface area contributed by atoms with Crippen molar-refractivity contribution in [3.05, 3.63) is 100.0 Å². The van der Waals surface area contributed by atoms with Crippen molar-refractivity contribution in [3.63, 3.8) is 0 Å². The molecule has 3 heterocycles. The molecule has 0 radical (unpaired) electrons. The zero-order valence-electron chi connectivity index (χ0n) is 25.1. The molecule has 0 unspecified atom stereocenters. The number of carbonyl (C=O) groups excluding carboxylic acids is 2. The molecule has 228 valence electrons. The van der Waals surface area contributed by atoms with E-state index in [4.69, 9.17) is 0 Å². The number of rotatable bonds is 6. The predicted molar refractivity (Wildman–Crippen MR) is 167 cm³/mol. The van der Waals surface area contributed by atoms with Crippen molar-refractivity contribution in [2.45, 2.75) is 45.1 Å². The Labute approximate surface area is 254 Å². The number of hydrogen-bond donors (Lipinski definition) is 3. The van der Waals surface area contributed by atoms with Crippen LogP contribution in [0.25, 0.3) is 11.3 Å². The quantitative estimate of drug-likeness (QED) is 0.289. The maximum absolute atomic E-state index is 15.7. The Balaban J connectivity index is 1.34. The molecule has 44 heavy (non-hydrogen) atoms. The molecule has 10 nitrogen and oxygen atoms in total. The lowest BCUT2D eigenvalue weighted by Gasteiger charge is -2.29. The molecule has 11 heteroatoms. The monoisotopic (exact) mass is 598 g/mol. The molecule has 0 bridgehead atoms. The summed E-state index contributed by atoms with van der Waals surface area (Å²) < 4.78 is 17.0. The molecular formula is C33H35FN6O4. The Morgan fingerprint density at radius 3 is 2.36 bits per heavy atom. The predicted octanol–water partition coefficient (Wildman–Crippen LogP) is 4.87. The van der Waals surface area contributed by atoms with Gasteiger partial charge in [-0.1, -0.05) is 32.9 Å². The molecule has 1 aliphatic heterocycles. The number of aromatic nitrogens is 3. The minimum atomic E-state index is -0.711. The van der Waals surface area contributed by atoms with Gasteiger partial charge in [-0.25, -0.2) is 9.37 Å². The van der Waals surface area contributed by atoms with Gasteiger partial charge in [-0.15, -0.1) is 0 Å². The number of aryl methyl sites for hydroxylation is 1. The van der Waals surface area contributed by atoms with E-state index >= 15 is 4.39 Å². The van der Waals surface area contributed by atoms with E-state index in [0.29, 0.717) is 37.2 Å². The van der Waals surface area contributed by atoms with E-state index in [1.54, 1.807) is 47.5 Å². The van der Waals surface area contributed by atoms with Gasteiger partial charge < -0.3 is 25.2 Å². The van der Waals surface area contributed by atoms with Gasteiger partial charge in [0.15, 0.2) is 11.6 Å². The molecule has 0 aliphatic carbocycles. The number of amides is 2. The summed E-state index contributed by atoms with van der Waals surface area (Å²) in [6.45, 7) is 7.12.